The van der Waals surface area contributed by atoms with Crippen LogP contribution in [-0.2, 0) is 14.3 Å². The van der Waals surface area contributed by atoms with Gasteiger partial charge in [-0.05, 0) is 24.8 Å². The van der Waals surface area contributed by atoms with E-state index >= 15 is 0 Å². The van der Waals surface area contributed by atoms with Crippen LogP contribution in [0.5, 0.6) is 5.75 Å². The van der Waals surface area contributed by atoms with Crippen molar-refractivity contribution in [1.29, 1.82) is 0 Å². The third-order valence-electron chi connectivity index (χ3n) is 3.28. The predicted octanol–water partition coefficient (Wildman–Crippen LogP) is 1.90. The van der Waals surface area contributed by atoms with Gasteiger partial charge in [0.25, 0.3) is 11.1 Å². The summed E-state index contributed by atoms with van der Waals surface area (Å²) < 4.78 is 4.51. The molecule has 1 aromatic rings. The lowest BCUT2D eigenvalue weighted by Crippen LogP contribution is -2.42. The second-order valence-electron chi connectivity index (χ2n) is 4.72. The fourth-order valence-corrected chi connectivity index (χ4v) is 2.94. The number of nitro groups is 1. The monoisotopic (exact) mass is 352 g/mol. The van der Waals surface area contributed by atoms with E-state index in [2.05, 4.69) is 4.74 Å². The molecule has 0 aliphatic carbocycles. The van der Waals surface area contributed by atoms with Crippen molar-refractivity contribution in [2.24, 2.45) is 0 Å². The van der Waals surface area contributed by atoms with E-state index in [9.17, 15) is 29.6 Å². The van der Waals surface area contributed by atoms with Gasteiger partial charge in [-0.2, -0.15) is 0 Å². The molecule has 1 atom stereocenters. The lowest BCUT2D eigenvalue weighted by molar-refractivity contribution is -0.385. The molecule has 1 saturated heterocycles. The Hall–Kier alpha value is -2.88. The van der Waals surface area contributed by atoms with Crippen molar-refractivity contribution in [2.75, 3.05) is 7.11 Å². The van der Waals surface area contributed by atoms with E-state index in [1.165, 1.54) is 19.1 Å². The number of phenols is 1. The maximum Gasteiger partial charge on any atom is 0.328 e. The van der Waals surface area contributed by atoms with Crippen molar-refractivity contribution in [1.82, 2.24) is 4.90 Å². The molecule has 9 nitrogen and oxygen atoms in total. The number of imide groups is 1. The highest BCUT2D eigenvalue weighted by Gasteiger charge is 2.41. The number of amides is 2. The standard InChI is InChI=1S/C14H12N2O7S/c1-7(13(19)23-2)15-12(18)10(24-14(15)20)6-8-4-3-5-9(11(8)17)16(21)22/h3-7,17H,1-2H3/b10-6+/t7-/m0/s1. The lowest BCUT2D eigenvalue weighted by Gasteiger charge is -2.18. The summed E-state index contributed by atoms with van der Waals surface area (Å²) >= 11 is 0.566. The number of thioether (sulfide) groups is 1. The summed E-state index contributed by atoms with van der Waals surface area (Å²) in [5, 5.41) is 20.0. The number of aromatic hydroxyl groups is 1. The molecule has 24 heavy (non-hydrogen) atoms. The van der Waals surface area contributed by atoms with Crippen LogP contribution in [0, 0.1) is 10.1 Å². The summed E-state index contributed by atoms with van der Waals surface area (Å²) in [7, 11) is 1.13. The first kappa shape index (κ1) is 17.5. The number of methoxy groups -OCH3 is 1. The third kappa shape index (κ3) is 3.08. The number of carbonyl (C=O) groups excluding carboxylic acids is 3. The molecule has 0 aromatic heterocycles. The second-order valence-corrected chi connectivity index (χ2v) is 5.72. The Balaban J connectivity index is 2.38. The van der Waals surface area contributed by atoms with Crippen LogP contribution in [0.15, 0.2) is 23.1 Å². The van der Waals surface area contributed by atoms with Gasteiger partial charge < -0.3 is 9.84 Å². The molecule has 0 radical (unpaired) electrons. The Morgan fingerprint density at radius 3 is 2.71 bits per heavy atom. The van der Waals surface area contributed by atoms with E-state index in [0.29, 0.717) is 11.8 Å². The first-order chi connectivity index (χ1) is 11.3. The third-order valence-corrected chi connectivity index (χ3v) is 4.17. The maximum atomic E-state index is 12.3. The quantitative estimate of drug-likeness (QED) is 0.377. The van der Waals surface area contributed by atoms with Crippen LogP contribution in [0.2, 0.25) is 0 Å². The Morgan fingerprint density at radius 1 is 1.46 bits per heavy atom. The summed E-state index contributed by atoms with van der Waals surface area (Å²) in [6.45, 7) is 1.34. The Morgan fingerprint density at radius 2 is 2.12 bits per heavy atom. The SMILES string of the molecule is COC(=O)[C@H](C)N1C(=O)S/C(=C/c2cccc([N+](=O)[O-])c2O)C1=O. The number of ether oxygens (including phenoxy) is 1. The number of benzene rings is 1. The molecule has 126 valence electrons. The fraction of sp³-hybridized carbons (Fsp3) is 0.214. The molecule has 10 heteroatoms. The van der Waals surface area contributed by atoms with Crippen molar-refractivity contribution < 1.29 is 29.2 Å². The number of para-hydroxylation sites is 1. The van der Waals surface area contributed by atoms with Gasteiger partial charge in [-0.15, -0.1) is 0 Å². The molecular formula is C14H12N2O7S. The first-order valence-electron chi connectivity index (χ1n) is 6.59. The second kappa shape index (κ2) is 6.71. The van der Waals surface area contributed by atoms with Crippen molar-refractivity contribution in [3.63, 3.8) is 0 Å². The van der Waals surface area contributed by atoms with E-state index in [1.54, 1.807) is 0 Å². The van der Waals surface area contributed by atoms with Crippen LogP contribution in [0.1, 0.15) is 12.5 Å². The summed E-state index contributed by atoms with van der Waals surface area (Å²) in [6.07, 6.45) is 1.16. The van der Waals surface area contributed by atoms with Crippen LogP contribution in [-0.4, -0.2) is 45.2 Å². The van der Waals surface area contributed by atoms with E-state index in [-0.39, 0.29) is 10.5 Å². The van der Waals surface area contributed by atoms with E-state index in [4.69, 9.17) is 0 Å². The minimum atomic E-state index is -1.10. The minimum absolute atomic E-state index is 0.0143. The minimum Gasteiger partial charge on any atom is -0.502 e. The fourth-order valence-electron chi connectivity index (χ4n) is 2.04. The Bertz CT molecular complexity index is 774. The normalized spacial score (nSPS) is 17.2. The molecule has 2 rings (SSSR count). The number of hydrogen-bond acceptors (Lipinski definition) is 8. The summed E-state index contributed by atoms with van der Waals surface area (Å²) in [4.78, 5) is 46.5. The zero-order valence-corrected chi connectivity index (χ0v) is 13.4. The van der Waals surface area contributed by atoms with Crippen LogP contribution in [0.4, 0.5) is 10.5 Å². The Labute approximate surface area is 140 Å². The molecule has 1 N–H and O–H groups in total. The largest absolute Gasteiger partial charge is 0.502 e. The zero-order valence-electron chi connectivity index (χ0n) is 12.6. The zero-order chi connectivity index (χ0) is 18.0. The molecule has 1 heterocycles. The average Bonchev–Trinajstić information content (AvgIpc) is 2.81. The van der Waals surface area contributed by atoms with Gasteiger partial charge in [0.1, 0.15) is 6.04 Å². The van der Waals surface area contributed by atoms with Gasteiger partial charge in [0, 0.05) is 11.6 Å². The topological polar surface area (TPSA) is 127 Å². The van der Waals surface area contributed by atoms with Crippen LogP contribution >= 0.6 is 11.8 Å². The molecule has 0 bridgehead atoms. The molecule has 0 saturated carbocycles. The number of nitro benzene ring substituents is 1. The van der Waals surface area contributed by atoms with Crippen LogP contribution in [0.3, 0.4) is 0 Å². The molecule has 0 unspecified atom stereocenters. The van der Waals surface area contributed by atoms with Gasteiger partial charge in [0.05, 0.1) is 16.9 Å². The highest BCUT2D eigenvalue weighted by molar-refractivity contribution is 8.18. The molecule has 2 amide bonds. The summed E-state index contributed by atoms with van der Waals surface area (Å²) in [5.74, 6) is -2.11. The maximum absolute atomic E-state index is 12.3. The number of phenolic OH excluding ortho intramolecular Hbond substituents is 1. The number of nitrogens with zero attached hydrogens (tertiary/aromatic N) is 2. The average molecular weight is 352 g/mol. The van der Waals surface area contributed by atoms with Gasteiger partial charge in [-0.25, -0.2) is 4.79 Å². The highest BCUT2D eigenvalue weighted by Crippen LogP contribution is 2.37. The molecule has 1 aromatic carbocycles. The van der Waals surface area contributed by atoms with Gasteiger partial charge in [0.2, 0.25) is 5.75 Å². The van der Waals surface area contributed by atoms with E-state index in [0.717, 1.165) is 24.2 Å². The predicted molar refractivity (Wildman–Crippen MR) is 84.0 cm³/mol. The van der Waals surface area contributed by atoms with Crippen molar-refractivity contribution in [2.45, 2.75) is 13.0 Å². The Kier molecular flexibility index (Phi) is 4.88. The van der Waals surface area contributed by atoms with E-state index < -0.39 is 39.5 Å². The van der Waals surface area contributed by atoms with Gasteiger partial charge in [-0.1, -0.05) is 12.1 Å². The lowest BCUT2D eigenvalue weighted by atomic mass is 10.1. The van der Waals surface area contributed by atoms with Crippen molar-refractivity contribution >= 4 is 40.6 Å². The van der Waals surface area contributed by atoms with Crippen LogP contribution < -0.4 is 0 Å². The first-order valence-corrected chi connectivity index (χ1v) is 7.40. The van der Waals surface area contributed by atoms with Crippen LogP contribution in [0.25, 0.3) is 6.08 Å². The number of esters is 1. The molecule has 0 spiro atoms. The summed E-state index contributed by atoms with van der Waals surface area (Å²) in [6, 6.07) is 2.70. The molecule has 1 aliphatic heterocycles. The van der Waals surface area contributed by atoms with Crippen molar-refractivity contribution in [3.8, 4) is 5.75 Å². The van der Waals surface area contributed by atoms with Gasteiger partial charge in [-0.3, -0.25) is 24.6 Å². The number of rotatable bonds is 4. The van der Waals surface area contributed by atoms with Gasteiger partial charge in [0.15, 0.2) is 0 Å². The smallest absolute Gasteiger partial charge is 0.328 e. The summed E-state index contributed by atoms with van der Waals surface area (Å²) in [5.41, 5.74) is -0.508. The van der Waals surface area contributed by atoms with E-state index in [1.807, 2.05) is 0 Å². The highest BCUT2D eigenvalue weighted by atomic mass is 32.2. The molecule has 1 fully saturated rings. The number of hydrogen-bond donors (Lipinski definition) is 1. The van der Waals surface area contributed by atoms with Crippen molar-refractivity contribution in [3.05, 3.63) is 38.8 Å². The van der Waals surface area contributed by atoms with Gasteiger partial charge >= 0.3 is 11.7 Å². The molecular weight excluding hydrogens is 340 g/mol. The number of carbonyl (C=O) groups is 3. The molecule has 1 aliphatic rings.